The molecule has 7 heteroatoms. The second-order valence-electron chi connectivity index (χ2n) is 5.57. The van der Waals surface area contributed by atoms with Crippen molar-refractivity contribution in [2.75, 3.05) is 10.6 Å². The molecule has 0 saturated heterocycles. The lowest BCUT2D eigenvalue weighted by atomic mass is 10.2. The summed E-state index contributed by atoms with van der Waals surface area (Å²) < 4.78 is 0. The minimum atomic E-state index is -0.278. The molecule has 0 bridgehead atoms. The Morgan fingerprint density at radius 1 is 0.885 bits per heavy atom. The molecule has 0 unspecified atom stereocenters. The zero-order chi connectivity index (χ0) is 17.9. The predicted molar refractivity (Wildman–Crippen MR) is 103 cm³/mol. The van der Waals surface area contributed by atoms with Gasteiger partial charge >= 0.3 is 0 Å². The molecule has 0 aliphatic rings. The first-order valence-corrected chi connectivity index (χ1v) is 8.78. The molecule has 0 saturated carbocycles. The Hall–Kier alpha value is -3.45. The molecular formula is C19H14N4O2S. The van der Waals surface area contributed by atoms with Crippen molar-refractivity contribution in [2.45, 2.75) is 0 Å². The zero-order valence-electron chi connectivity index (χ0n) is 13.5. The monoisotopic (exact) mass is 362 g/mol. The van der Waals surface area contributed by atoms with E-state index in [9.17, 15) is 9.59 Å². The van der Waals surface area contributed by atoms with Crippen molar-refractivity contribution in [2.24, 2.45) is 0 Å². The van der Waals surface area contributed by atoms with Crippen LogP contribution in [0, 0.1) is 0 Å². The maximum absolute atomic E-state index is 12.4. The average Bonchev–Trinajstić information content (AvgIpc) is 3.31. The van der Waals surface area contributed by atoms with Crippen molar-refractivity contribution < 1.29 is 9.59 Å². The number of carbonyl (C=O) groups excluding carboxylic acids is 2. The Morgan fingerprint density at radius 2 is 1.69 bits per heavy atom. The highest BCUT2D eigenvalue weighted by atomic mass is 32.1. The Morgan fingerprint density at radius 3 is 2.42 bits per heavy atom. The number of benzene rings is 2. The number of rotatable bonds is 4. The minimum absolute atomic E-state index is 0.167. The number of carbonyl (C=O) groups is 2. The number of anilines is 2. The average molecular weight is 362 g/mol. The number of H-pyrrole nitrogens is 1. The molecule has 0 aliphatic heterocycles. The molecule has 0 radical (unpaired) electrons. The van der Waals surface area contributed by atoms with E-state index in [-0.39, 0.29) is 11.8 Å². The number of aromatic nitrogens is 2. The fraction of sp³-hybridized carbons (Fsp3) is 0. The van der Waals surface area contributed by atoms with E-state index >= 15 is 0 Å². The van der Waals surface area contributed by atoms with Crippen molar-refractivity contribution in [3.8, 4) is 0 Å². The predicted octanol–water partition coefficient (Wildman–Crippen LogP) is 4.13. The first-order valence-electron chi connectivity index (χ1n) is 7.90. The van der Waals surface area contributed by atoms with E-state index in [1.807, 2.05) is 35.7 Å². The normalized spacial score (nSPS) is 10.6. The van der Waals surface area contributed by atoms with Crippen LogP contribution in [0.15, 0.2) is 66.0 Å². The second kappa shape index (κ2) is 6.81. The third-order valence-corrected chi connectivity index (χ3v) is 4.64. The van der Waals surface area contributed by atoms with Gasteiger partial charge in [-0.1, -0.05) is 18.2 Å². The summed E-state index contributed by atoms with van der Waals surface area (Å²) in [4.78, 5) is 32.4. The topological polar surface area (TPSA) is 86.9 Å². The van der Waals surface area contributed by atoms with E-state index in [2.05, 4.69) is 20.6 Å². The Labute approximate surface area is 152 Å². The summed E-state index contributed by atoms with van der Waals surface area (Å²) in [5.74, 6) is -0.0501. The fourth-order valence-corrected chi connectivity index (χ4v) is 3.12. The van der Waals surface area contributed by atoms with Crippen molar-refractivity contribution in [3.05, 3.63) is 76.5 Å². The van der Waals surface area contributed by atoms with Crippen LogP contribution in [0.3, 0.4) is 0 Å². The number of nitrogens with one attached hydrogen (secondary N) is 3. The van der Waals surface area contributed by atoms with Gasteiger partial charge in [-0.3, -0.25) is 14.9 Å². The van der Waals surface area contributed by atoms with E-state index in [1.165, 1.54) is 11.3 Å². The van der Waals surface area contributed by atoms with Gasteiger partial charge in [-0.05, 0) is 47.8 Å². The fourth-order valence-electron chi connectivity index (χ4n) is 2.50. The SMILES string of the molecule is O=C(Nc1nc2ccccc2[nH]1)c1ccc(NC(=O)c2cccs2)cc1. The molecule has 0 fully saturated rings. The number of thiophene rings is 1. The Balaban J connectivity index is 1.44. The van der Waals surface area contributed by atoms with Crippen LogP contribution >= 0.6 is 11.3 Å². The molecule has 2 heterocycles. The summed E-state index contributed by atoms with van der Waals surface area (Å²) in [6.07, 6.45) is 0. The van der Waals surface area contributed by atoms with Crippen LogP contribution in [0.1, 0.15) is 20.0 Å². The summed E-state index contributed by atoms with van der Waals surface area (Å²) in [5.41, 5.74) is 2.74. The van der Waals surface area contributed by atoms with E-state index in [0.29, 0.717) is 22.1 Å². The van der Waals surface area contributed by atoms with E-state index < -0.39 is 0 Å². The van der Waals surface area contributed by atoms with Gasteiger partial charge in [-0.15, -0.1) is 11.3 Å². The van der Waals surface area contributed by atoms with Crippen molar-refractivity contribution in [1.29, 1.82) is 0 Å². The van der Waals surface area contributed by atoms with E-state index in [4.69, 9.17) is 0 Å². The highest BCUT2D eigenvalue weighted by molar-refractivity contribution is 7.12. The number of para-hydroxylation sites is 2. The third kappa shape index (κ3) is 3.33. The van der Waals surface area contributed by atoms with Crippen molar-refractivity contribution in [3.63, 3.8) is 0 Å². The van der Waals surface area contributed by atoms with Gasteiger partial charge in [0.05, 0.1) is 15.9 Å². The van der Waals surface area contributed by atoms with Gasteiger partial charge in [-0.2, -0.15) is 0 Å². The van der Waals surface area contributed by atoms with Crippen LogP contribution in [-0.4, -0.2) is 21.8 Å². The smallest absolute Gasteiger partial charge is 0.265 e. The molecule has 0 aliphatic carbocycles. The number of imidazole rings is 1. The van der Waals surface area contributed by atoms with Gasteiger partial charge in [0, 0.05) is 11.3 Å². The zero-order valence-corrected chi connectivity index (χ0v) is 14.3. The molecule has 2 aromatic heterocycles. The summed E-state index contributed by atoms with van der Waals surface area (Å²) in [5, 5.41) is 7.39. The summed E-state index contributed by atoms with van der Waals surface area (Å²) >= 11 is 1.37. The van der Waals surface area contributed by atoms with Gasteiger partial charge in [-0.25, -0.2) is 4.98 Å². The number of hydrogen-bond donors (Lipinski definition) is 3. The quantitative estimate of drug-likeness (QED) is 0.510. The lowest BCUT2D eigenvalue weighted by Gasteiger charge is -2.05. The molecule has 0 spiro atoms. The second-order valence-corrected chi connectivity index (χ2v) is 6.51. The number of aromatic amines is 1. The molecule has 3 N–H and O–H groups in total. The molecule has 0 atom stereocenters. The highest BCUT2D eigenvalue weighted by Gasteiger charge is 2.11. The van der Waals surface area contributed by atoms with E-state index in [0.717, 1.165) is 11.0 Å². The highest BCUT2D eigenvalue weighted by Crippen LogP contribution is 2.16. The third-order valence-electron chi connectivity index (χ3n) is 3.77. The maximum atomic E-state index is 12.4. The number of fused-ring (bicyclic) bond motifs is 1. The van der Waals surface area contributed by atoms with Crippen LogP contribution in [0.2, 0.25) is 0 Å². The molecule has 2 amide bonds. The lowest BCUT2D eigenvalue weighted by Crippen LogP contribution is -2.13. The van der Waals surface area contributed by atoms with Gasteiger partial charge in [0.25, 0.3) is 11.8 Å². The van der Waals surface area contributed by atoms with Crippen LogP contribution in [0.25, 0.3) is 11.0 Å². The lowest BCUT2D eigenvalue weighted by molar-refractivity contribution is 0.102. The van der Waals surface area contributed by atoms with Crippen molar-refractivity contribution in [1.82, 2.24) is 9.97 Å². The van der Waals surface area contributed by atoms with Gasteiger partial charge in [0.2, 0.25) is 5.95 Å². The largest absolute Gasteiger partial charge is 0.324 e. The number of nitrogens with zero attached hydrogens (tertiary/aromatic N) is 1. The number of hydrogen-bond acceptors (Lipinski definition) is 4. The molecule has 6 nitrogen and oxygen atoms in total. The first kappa shape index (κ1) is 16.0. The Kier molecular flexibility index (Phi) is 4.20. The summed E-state index contributed by atoms with van der Waals surface area (Å²) in [6.45, 7) is 0. The van der Waals surface area contributed by atoms with Gasteiger partial charge in [0.15, 0.2) is 0 Å². The first-order chi connectivity index (χ1) is 12.7. The molecule has 2 aromatic carbocycles. The van der Waals surface area contributed by atoms with E-state index in [1.54, 1.807) is 30.3 Å². The van der Waals surface area contributed by atoms with Crippen molar-refractivity contribution >= 4 is 45.8 Å². The maximum Gasteiger partial charge on any atom is 0.265 e. The molecule has 4 aromatic rings. The van der Waals surface area contributed by atoms with Gasteiger partial charge < -0.3 is 10.3 Å². The van der Waals surface area contributed by atoms with Crippen LogP contribution in [0.5, 0.6) is 0 Å². The number of amides is 2. The molecule has 4 rings (SSSR count). The summed E-state index contributed by atoms with van der Waals surface area (Å²) in [7, 11) is 0. The minimum Gasteiger partial charge on any atom is -0.324 e. The molecule has 128 valence electrons. The molecular weight excluding hydrogens is 348 g/mol. The van der Waals surface area contributed by atoms with Crippen LogP contribution < -0.4 is 10.6 Å². The molecule has 26 heavy (non-hydrogen) atoms. The standard InChI is InChI=1S/C19H14N4O2S/c24-17(23-19-21-14-4-1-2-5-15(14)22-19)12-7-9-13(10-8-12)20-18(25)16-6-3-11-26-16/h1-11H,(H,20,25)(H2,21,22,23,24). The van der Waals surface area contributed by atoms with Crippen LogP contribution in [0.4, 0.5) is 11.6 Å². The van der Waals surface area contributed by atoms with Crippen LogP contribution in [-0.2, 0) is 0 Å². The summed E-state index contributed by atoms with van der Waals surface area (Å²) in [6, 6.07) is 17.8. The Bertz CT molecular complexity index is 1040. The van der Waals surface area contributed by atoms with Gasteiger partial charge in [0.1, 0.15) is 0 Å².